The highest BCUT2D eigenvalue weighted by Gasteiger charge is 2.62. The van der Waals surface area contributed by atoms with Crippen LogP contribution in [0.1, 0.15) is 19.8 Å². The van der Waals surface area contributed by atoms with Crippen molar-refractivity contribution >= 4 is 15.8 Å². The van der Waals surface area contributed by atoms with Crippen LogP contribution in [0.2, 0.25) is 0 Å². The summed E-state index contributed by atoms with van der Waals surface area (Å²) in [7, 11) is -3.82. The van der Waals surface area contributed by atoms with E-state index in [1.165, 1.54) is 6.92 Å². The fourth-order valence-corrected chi connectivity index (χ4v) is 3.48. The first kappa shape index (κ1) is 12.4. The quantitative estimate of drug-likeness (QED) is 0.781. The second kappa shape index (κ2) is 3.40. The van der Waals surface area contributed by atoms with E-state index in [1.807, 2.05) is 0 Å². The molecule has 88 valence electrons. The molecule has 4 nitrogen and oxygen atoms in total. The van der Waals surface area contributed by atoms with E-state index >= 15 is 0 Å². The van der Waals surface area contributed by atoms with E-state index < -0.39 is 45.1 Å². The lowest BCUT2D eigenvalue weighted by Gasteiger charge is -2.39. The molecule has 1 atom stereocenters. The summed E-state index contributed by atoms with van der Waals surface area (Å²) in [5, 5.41) is 8.82. The summed E-state index contributed by atoms with van der Waals surface area (Å²) < 4.78 is 49.1. The van der Waals surface area contributed by atoms with Crippen molar-refractivity contribution in [2.24, 2.45) is 5.41 Å². The maximum absolute atomic E-state index is 13.5. The standard InChI is InChI=1S/C8H12F2O4S/c1-2-7(6(11)12)3-4-15(13,14)5-8(7,9)10/h2-5H2,1H3,(H,11,12). The summed E-state index contributed by atoms with van der Waals surface area (Å²) >= 11 is 0. The van der Waals surface area contributed by atoms with Crippen molar-refractivity contribution < 1.29 is 27.1 Å². The summed E-state index contributed by atoms with van der Waals surface area (Å²) in [5.41, 5.74) is -2.22. The Hall–Kier alpha value is -0.720. The Kier molecular flexibility index (Phi) is 2.80. The molecule has 1 aliphatic rings. The number of carboxylic acids is 1. The van der Waals surface area contributed by atoms with Crippen LogP contribution in [-0.4, -0.2) is 36.9 Å². The van der Waals surface area contributed by atoms with Crippen LogP contribution in [0.25, 0.3) is 0 Å². The Morgan fingerprint density at radius 1 is 1.47 bits per heavy atom. The van der Waals surface area contributed by atoms with Crippen LogP contribution in [0, 0.1) is 5.41 Å². The Bertz CT molecular complexity index is 376. The van der Waals surface area contributed by atoms with Crippen molar-refractivity contribution in [1.29, 1.82) is 0 Å². The van der Waals surface area contributed by atoms with Gasteiger partial charge >= 0.3 is 5.97 Å². The van der Waals surface area contributed by atoms with Gasteiger partial charge in [-0.1, -0.05) is 6.92 Å². The Labute approximate surface area is 86.2 Å². The predicted octanol–water partition coefficient (Wildman–Crippen LogP) is 0.921. The van der Waals surface area contributed by atoms with Gasteiger partial charge in [0, 0.05) is 0 Å². The lowest BCUT2D eigenvalue weighted by Crippen LogP contribution is -2.55. The number of hydrogen-bond acceptors (Lipinski definition) is 3. The Morgan fingerprint density at radius 3 is 2.33 bits per heavy atom. The van der Waals surface area contributed by atoms with E-state index in [9.17, 15) is 22.0 Å². The molecule has 0 saturated carbocycles. The van der Waals surface area contributed by atoms with E-state index in [1.54, 1.807) is 0 Å². The lowest BCUT2D eigenvalue weighted by atomic mass is 9.76. The molecule has 7 heteroatoms. The largest absolute Gasteiger partial charge is 0.481 e. The maximum Gasteiger partial charge on any atom is 0.315 e. The first-order chi connectivity index (χ1) is 6.67. The van der Waals surface area contributed by atoms with Gasteiger partial charge in [-0.05, 0) is 12.8 Å². The van der Waals surface area contributed by atoms with Crippen LogP contribution in [0.4, 0.5) is 8.78 Å². The van der Waals surface area contributed by atoms with E-state index in [2.05, 4.69) is 0 Å². The van der Waals surface area contributed by atoms with Gasteiger partial charge in [0.05, 0.1) is 5.75 Å². The fraction of sp³-hybridized carbons (Fsp3) is 0.875. The highest BCUT2D eigenvalue weighted by Crippen LogP contribution is 2.47. The number of alkyl halides is 2. The zero-order valence-electron chi connectivity index (χ0n) is 8.16. The molecule has 0 aromatic rings. The molecular formula is C8H12F2O4S. The molecule has 15 heavy (non-hydrogen) atoms. The number of halogens is 2. The van der Waals surface area contributed by atoms with Crippen molar-refractivity contribution in [3.8, 4) is 0 Å². The van der Waals surface area contributed by atoms with Gasteiger partial charge < -0.3 is 5.11 Å². The highest BCUT2D eigenvalue weighted by molar-refractivity contribution is 7.91. The van der Waals surface area contributed by atoms with Gasteiger partial charge in [-0.2, -0.15) is 0 Å². The van der Waals surface area contributed by atoms with Gasteiger partial charge in [-0.25, -0.2) is 17.2 Å². The summed E-state index contributed by atoms with van der Waals surface area (Å²) in [4.78, 5) is 10.9. The zero-order valence-corrected chi connectivity index (χ0v) is 8.98. The third-order valence-electron chi connectivity index (χ3n) is 2.95. The smallest absolute Gasteiger partial charge is 0.315 e. The molecular weight excluding hydrogens is 230 g/mol. The van der Waals surface area contributed by atoms with Gasteiger partial charge in [-0.15, -0.1) is 0 Å². The first-order valence-electron chi connectivity index (χ1n) is 4.48. The molecule has 1 rings (SSSR count). The molecule has 0 radical (unpaired) electrons. The summed E-state index contributed by atoms with van der Waals surface area (Å²) in [6.45, 7) is 1.33. The lowest BCUT2D eigenvalue weighted by molar-refractivity contribution is -0.177. The van der Waals surface area contributed by atoms with Crippen molar-refractivity contribution in [3.05, 3.63) is 0 Å². The predicted molar refractivity (Wildman–Crippen MR) is 48.6 cm³/mol. The molecule has 0 aliphatic carbocycles. The van der Waals surface area contributed by atoms with Gasteiger partial charge in [0.2, 0.25) is 0 Å². The molecule has 1 unspecified atom stereocenters. The average molecular weight is 242 g/mol. The average Bonchev–Trinajstić information content (AvgIpc) is 2.00. The SMILES string of the molecule is CCC1(C(=O)O)CCS(=O)(=O)CC1(F)F. The zero-order chi connectivity index (χ0) is 11.9. The second-order valence-corrected chi connectivity index (χ2v) is 5.97. The normalized spacial score (nSPS) is 33.5. The molecule has 1 saturated heterocycles. The van der Waals surface area contributed by atoms with E-state index in [4.69, 9.17) is 5.11 Å². The number of aliphatic carboxylic acids is 1. The molecule has 1 N–H and O–H groups in total. The molecule has 0 bridgehead atoms. The van der Waals surface area contributed by atoms with E-state index in [0.29, 0.717) is 0 Å². The minimum atomic E-state index is -3.82. The number of hydrogen-bond donors (Lipinski definition) is 1. The number of carboxylic acid groups (broad SMARTS) is 1. The molecule has 0 spiro atoms. The topological polar surface area (TPSA) is 71.4 Å². The number of carbonyl (C=O) groups is 1. The first-order valence-corrected chi connectivity index (χ1v) is 6.31. The van der Waals surface area contributed by atoms with Crippen molar-refractivity contribution in [2.45, 2.75) is 25.7 Å². The minimum absolute atomic E-state index is 0.273. The van der Waals surface area contributed by atoms with Crippen LogP contribution in [-0.2, 0) is 14.6 Å². The molecule has 0 amide bonds. The summed E-state index contributed by atoms with van der Waals surface area (Å²) in [6, 6.07) is 0. The fourth-order valence-electron chi connectivity index (χ4n) is 1.85. The number of sulfone groups is 1. The van der Waals surface area contributed by atoms with Gasteiger partial charge in [0.1, 0.15) is 11.2 Å². The Balaban J connectivity index is 3.18. The van der Waals surface area contributed by atoms with Crippen molar-refractivity contribution in [2.75, 3.05) is 11.5 Å². The molecule has 0 aromatic carbocycles. The van der Waals surface area contributed by atoms with Crippen molar-refractivity contribution in [1.82, 2.24) is 0 Å². The number of rotatable bonds is 2. The van der Waals surface area contributed by atoms with Crippen LogP contribution >= 0.6 is 0 Å². The second-order valence-electron chi connectivity index (χ2n) is 3.79. The third-order valence-corrected chi connectivity index (χ3v) is 4.58. The highest BCUT2D eigenvalue weighted by atomic mass is 32.2. The van der Waals surface area contributed by atoms with Crippen LogP contribution in [0.5, 0.6) is 0 Å². The summed E-state index contributed by atoms with van der Waals surface area (Å²) in [5.74, 6) is -7.15. The summed E-state index contributed by atoms with van der Waals surface area (Å²) in [6.07, 6.45) is -0.793. The van der Waals surface area contributed by atoms with E-state index in [0.717, 1.165) is 0 Å². The molecule has 0 aromatic heterocycles. The molecule has 1 fully saturated rings. The van der Waals surface area contributed by atoms with E-state index in [-0.39, 0.29) is 6.42 Å². The van der Waals surface area contributed by atoms with Gasteiger partial charge in [0.15, 0.2) is 9.84 Å². The van der Waals surface area contributed by atoms with Crippen LogP contribution in [0.3, 0.4) is 0 Å². The maximum atomic E-state index is 13.5. The van der Waals surface area contributed by atoms with Crippen LogP contribution < -0.4 is 0 Å². The van der Waals surface area contributed by atoms with Crippen LogP contribution in [0.15, 0.2) is 0 Å². The third kappa shape index (κ3) is 1.84. The molecule has 1 aliphatic heterocycles. The van der Waals surface area contributed by atoms with Crippen molar-refractivity contribution in [3.63, 3.8) is 0 Å². The Morgan fingerprint density at radius 2 is 2.00 bits per heavy atom. The minimum Gasteiger partial charge on any atom is -0.481 e. The monoisotopic (exact) mass is 242 g/mol. The molecule has 1 heterocycles. The van der Waals surface area contributed by atoms with Gasteiger partial charge in [-0.3, -0.25) is 4.79 Å². The van der Waals surface area contributed by atoms with Gasteiger partial charge in [0.25, 0.3) is 5.92 Å².